The SMILES string of the molecule is Cc1ccc(F)cc1C=Cc1nccc(=O)[nH]1. The van der Waals surface area contributed by atoms with Crippen LogP contribution >= 0.6 is 0 Å². The van der Waals surface area contributed by atoms with Crippen LogP contribution in [0.4, 0.5) is 4.39 Å². The molecule has 0 unspecified atom stereocenters. The Hall–Kier alpha value is -2.23. The molecule has 2 rings (SSSR count). The minimum Gasteiger partial charge on any atom is -0.307 e. The predicted octanol–water partition coefficient (Wildman–Crippen LogP) is 2.39. The summed E-state index contributed by atoms with van der Waals surface area (Å²) in [6, 6.07) is 5.89. The molecule has 0 spiro atoms. The summed E-state index contributed by atoms with van der Waals surface area (Å²) < 4.78 is 13.0. The van der Waals surface area contributed by atoms with Crippen molar-refractivity contribution in [3.05, 3.63) is 63.6 Å². The van der Waals surface area contributed by atoms with Gasteiger partial charge >= 0.3 is 0 Å². The van der Waals surface area contributed by atoms with E-state index in [4.69, 9.17) is 0 Å². The van der Waals surface area contributed by atoms with Crippen molar-refractivity contribution in [1.82, 2.24) is 9.97 Å². The third-order valence-electron chi connectivity index (χ3n) is 2.35. The summed E-state index contributed by atoms with van der Waals surface area (Å²) in [4.78, 5) is 17.6. The van der Waals surface area contributed by atoms with Gasteiger partial charge in [-0.15, -0.1) is 0 Å². The minimum absolute atomic E-state index is 0.212. The average molecular weight is 230 g/mol. The van der Waals surface area contributed by atoms with Crippen molar-refractivity contribution in [3.63, 3.8) is 0 Å². The summed E-state index contributed by atoms with van der Waals surface area (Å²) in [6.45, 7) is 1.89. The Bertz CT molecular complexity index is 617. The van der Waals surface area contributed by atoms with Gasteiger partial charge in [0.1, 0.15) is 11.6 Å². The standard InChI is InChI=1S/C13H11FN2O/c1-9-2-4-11(14)8-10(9)3-5-12-15-7-6-13(17)16-12/h2-8H,1H3,(H,15,16,17). The summed E-state index contributed by atoms with van der Waals surface area (Å²) in [5.74, 6) is 0.158. The highest BCUT2D eigenvalue weighted by atomic mass is 19.1. The van der Waals surface area contributed by atoms with Crippen molar-refractivity contribution >= 4 is 12.2 Å². The second kappa shape index (κ2) is 4.74. The quantitative estimate of drug-likeness (QED) is 0.861. The highest BCUT2D eigenvalue weighted by Gasteiger charge is 1.97. The Morgan fingerprint density at radius 3 is 2.88 bits per heavy atom. The van der Waals surface area contributed by atoms with Gasteiger partial charge in [0.05, 0.1) is 0 Å². The van der Waals surface area contributed by atoms with Crippen molar-refractivity contribution in [2.24, 2.45) is 0 Å². The predicted molar refractivity (Wildman–Crippen MR) is 64.9 cm³/mol. The normalized spacial score (nSPS) is 10.9. The number of H-pyrrole nitrogens is 1. The van der Waals surface area contributed by atoms with Gasteiger partial charge in [-0.05, 0) is 36.3 Å². The fourth-order valence-corrected chi connectivity index (χ4v) is 1.43. The van der Waals surface area contributed by atoms with E-state index in [1.54, 1.807) is 18.2 Å². The lowest BCUT2D eigenvalue weighted by Gasteiger charge is -1.99. The van der Waals surface area contributed by atoms with E-state index in [0.717, 1.165) is 11.1 Å². The van der Waals surface area contributed by atoms with Gasteiger partial charge in [0.2, 0.25) is 0 Å². The molecule has 4 heteroatoms. The minimum atomic E-state index is -0.287. The molecule has 86 valence electrons. The largest absolute Gasteiger partial charge is 0.307 e. The Balaban J connectivity index is 2.32. The lowest BCUT2D eigenvalue weighted by Crippen LogP contribution is -2.05. The van der Waals surface area contributed by atoms with Crippen LogP contribution in [0.25, 0.3) is 12.2 Å². The first kappa shape index (κ1) is 11.3. The Morgan fingerprint density at radius 1 is 1.29 bits per heavy atom. The molecule has 1 heterocycles. The molecule has 0 aliphatic carbocycles. The molecule has 17 heavy (non-hydrogen) atoms. The molecule has 1 aromatic carbocycles. The number of nitrogens with one attached hydrogen (secondary N) is 1. The molecule has 0 bridgehead atoms. The lowest BCUT2D eigenvalue weighted by molar-refractivity contribution is 0.627. The number of aromatic amines is 1. The van der Waals surface area contributed by atoms with E-state index in [0.29, 0.717) is 5.82 Å². The van der Waals surface area contributed by atoms with Crippen LogP contribution in [0, 0.1) is 12.7 Å². The topological polar surface area (TPSA) is 45.8 Å². The summed E-state index contributed by atoms with van der Waals surface area (Å²) in [6.07, 6.45) is 4.79. The molecule has 0 atom stereocenters. The van der Waals surface area contributed by atoms with Crippen LogP contribution in [0.2, 0.25) is 0 Å². The molecule has 1 N–H and O–H groups in total. The fraction of sp³-hybridized carbons (Fsp3) is 0.0769. The van der Waals surface area contributed by atoms with E-state index in [2.05, 4.69) is 9.97 Å². The van der Waals surface area contributed by atoms with Gasteiger partial charge in [0.25, 0.3) is 5.56 Å². The van der Waals surface area contributed by atoms with Crippen LogP contribution in [-0.4, -0.2) is 9.97 Å². The van der Waals surface area contributed by atoms with Gasteiger partial charge in [-0.25, -0.2) is 9.37 Å². The molecule has 0 saturated heterocycles. The van der Waals surface area contributed by atoms with Crippen molar-refractivity contribution < 1.29 is 4.39 Å². The molecule has 0 aliphatic rings. The van der Waals surface area contributed by atoms with Crippen LogP contribution in [0.1, 0.15) is 17.0 Å². The van der Waals surface area contributed by atoms with Gasteiger partial charge in [-0.1, -0.05) is 12.1 Å². The maximum absolute atomic E-state index is 13.0. The third kappa shape index (κ3) is 2.87. The van der Waals surface area contributed by atoms with Crippen molar-refractivity contribution in [2.75, 3.05) is 0 Å². The van der Waals surface area contributed by atoms with E-state index in [1.165, 1.54) is 24.4 Å². The number of halogens is 1. The molecule has 0 radical (unpaired) electrons. The molecule has 3 nitrogen and oxygen atoms in total. The zero-order chi connectivity index (χ0) is 12.3. The van der Waals surface area contributed by atoms with E-state index in [1.807, 2.05) is 6.92 Å². The number of benzene rings is 1. The zero-order valence-corrected chi connectivity index (χ0v) is 9.27. The fourth-order valence-electron chi connectivity index (χ4n) is 1.43. The van der Waals surface area contributed by atoms with Crippen molar-refractivity contribution in [3.8, 4) is 0 Å². The summed E-state index contributed by atoms with van der Waals surface area (Å²) in [7, 11) is 0. The first-order valence-electron chi connectivity index (χ1n) is 5.15. The third-order valence-corrected chi connectivity index (χ3v) is 2.35. The maximum Gasteiger partial charge on any atom is 0.251 e. The maximum atomic E-state index is 13.0. The summed E-state index contributed by atoms with van der Waals surface area (Å²) >= 11 is 0. The van der Waals surface area contributed by atoms with Crippen LogP contribution in [-0.2, 0) is 0 Å². The molecule has 0 aliphatic heterocycles. The smallest absolute Gasteiger partial charge is 0.251 e. The molecule has 0 fully saturated rings. The van der Waals surface area contributed by atoms with Crippen molar-refractivity contribution in [1.29, 1.82) is 0 Å². The lowest BCUT2D eigenvalue weighted by atomic mass is 10.1. The zero-order valence-electron chi connectivity index (χ0n) is 9.27. The number of nitrogens with zero attached hydrogens (tertiary/aromatic N) is 1. The van der Waals surface area contributed by atoms with Gasteiger partial charge in [-0.2, -0.15) is 0 Å². The van der Waals surface area contributed by atoms with Crippen molar-refractivity contribution in [2.45, 2.75) is 6.92 Å². The first-order chi connectivity index (χ1) is 8.15. The first-order valence-corrected chi connectivity index (χ1v) is 5.15. The van der Waals surface area contributed by atoms with Gasteiger partial charge in [0.15, 0.2) is 0 Å². The molecular formula is C13H11FN2O. The second-order valence-corrected chi connectivity index (χ2v) is 3.65. The molecule has 1 aromatic heterocycles. The van der Waals surface area contributed by atoms with E-state index >= 15 is 0 Å². The summed E-state index contributed by atoms with van der Waals surface area (Å²) in [5.41, 5.74) is 1.51. The van der Waals surface area contributed by atoms with Crippen LogP contribution in [0.3, 0.4) is 0 Å². The number of hydrogen-bond donors (Lipinski definition) is 1. The summed E-state index contributed by atoms with van der Waals surface area (Å²) in [5, 5.41) is 0. The molecular weight excluding hydrogens is 219 g/mol. The van der Waals surface area contributed by atoms with Gasteiger partial charge in [-0.3, -0.25) is 4.79 Å². The van der Waals surface area contributed by atoms with E-state index in [9.17, 15) is 9.18 Å². The van der Waals surface area contributed by atoms with Crippen LogP contribution in [0.15, 0.2) is 35.3 Å². The highest BCUT2D eigenvalue weighted by molar-refractivity contribution is 5.68. The van der Waals surface area contributed by atoms with Crippen LogP contribution in [0.5, 0.6) is 0 Å². The highest BCUT2D eigenvalue weighted by Crippen LogP contribution is 2.12. The molecule has 2 aromatic rings. The second-order valence-electron chi connectivity index (χ2n) is 3.65. The monoisotopic (exact) mass is 230 g/mol. The number of aromatic nitrogens is 2. The average Bonchev–Trinajstić information content (AvgIpc) is 2.30. The van der Waals surface area contributed by atoms with Gasteiger partial charge in [0, 0.05) is 12.3 Å². The van der Waals surface area contributed by atoms with Gasteiger partial charge < -0.3 is 4.98 Å². The number of rotatable bonds is 2. The molecule has 0 saturated carbocycles. The Kier molecular flexibility index (Phi) is 3.14. The Morgan fingerprint density at radius 2 is 2.12 bits per heavy atom. The number of aryl methyl sites for hydroxylation is 1. The molecule has 0 amide bonds. The van der Waals surface area contributed by atoms with E-state index in [-0.39, 0.29) is 11.4 Å². The van der Waals surface area contributed by atoms with E-state index < -0.39 is 0 Å². The van der Waals surface area contributed by atoms with Crippen LogP contribution < -0.4 is 5.56 Å². The number of hydrogen-bond acceptors (Lipinski definition) is 2. The Labute approximate surface area is 97.7 Å².